The van der Waals surface area contributed by atoms with Crippen LogP contribution in [0.15, 0.2) is 60.7 Å². The number of fused-ring (bicyclic) bond motifs is 1. The summed E-state index contributed by atoms with van der Waals surface area (Å²) in [6.07, 6.45) is 8.37. The number of hydrogen-bond donors (Lipinski definition) is 1. The largest absolute Gasteiger partial charge is 0.497 e. The van der Waals surface area contributed by atoms with Crippen molar-refractivity contribution in [3.63, 3.8) is 0 Å². The molecule has 1 heterocycles. The third-order valence-corrected chi connectivity index (χ3v) is 7.69. The highest BCUT2D eigenvalue weighted by Gasteiger charge is 2.16. The van der Waals surface area contributed by atoms with Gasteiger partial charge in [-0.25, -0.2) is 0 Å². The Balaban J connectivity index is 1.19. The van der Waals surface area contributed by atoms with E-state index in [1.54, 1.807) is 14.2 Å². The molecule has 0 bridgehead atoms. The zero-order valence-electron chi connectivity index (χ0n) is 22.8. The van der Waals surface area contributed by atoms with Gasteiger partial charge in [-0.1, -0.05) is 36.8 Å². The molecule has 5 nitrogen and oxygen atoms in total. The van der Waals surface area contributed by atoms with Crippen LogP contribution < -0.4 is 19.5 Å². The summed E-state index contributed by atoms with van der Waals surface area (Å²) in [7, 11) is 3.45. The van der Waals surface area contributed by atoms with E-state index in [0.717, 1.165) is 56.3 Å². The van der Waals surface area contributed by atoms with E-state index in [1.807, 2.05) is 6.07 Å². The van der Waals surface area contributed by atoms with Gasteiger partial charge in [0.05, 0.1) is 14.2 Å². The molecule has 38 heavy (non-hydrogen) atoms. The zero-order valence-corrected chi connectivity index (χ0v) is 22.8. The number of methoxy groups -OCH3 is 2. The summed E-state index contributed by atoms with van der Waals surface area (Å²) in [6, 6.07) is 21.3. The molecule has 1 aliphatic carbocycles. The van der Waals surface area contributed by atoms with Crippen molar-refractivity contribution in [2.75, 3.05) is 40.5 Å². The second kappa shape index (κ2) is 13.0. The maximum absolute atomic E-state index is 5.99. The van der Waals surface area contributed by atoms with Crippen molar-refractivity contribution in [3.8, 4) is 17.2 Å². The van der Waals surface area contributed by atoms with Crippen LogP contribution in [0.3, 0.4) is 0 Å². The first-order valence-corrected chi connectivity index (χ1v) is 13.9. The average molecular weight is 513 g/mol. The second-order valence-corrected chi connectivity index (χ2v) is 10.3. The van der Waals surface area contributed by atoms with Crippen molar-refractivity contribution in [3.05, 3.63) is 88.5 Å². The molecule has 3 aromatic carbocycles. The molecule has 0 aromatic heterocycles. The minimum absolute atomic E-state index is 0.754. The maximum Gasteiger partial charge on any atom is 0.119 e. The smallest absolute Gasteiger partial charge is 0.119 e. The predicted molar refractivity (Wildman–Crippen MR) is 155 cm³/mol. The van der Waals surface area contributed by atoms with Crippen molar-refractivity contribution in [2.45, 2.75) is 45.2 Å². The van der Waals surface area contributed by atoms with Gasteiger partial charge in [-0.05, 0) is 109 Å². The van der Waals surface area contributed by atoms with Crippen molar-refractivity contribution in [1.29, 1.82) is 0 Å². The van der Waals surface area contributed by atoms with Crippen LogP contribution in [0, 0.1) is 0 Å². The SMILES string of the molecule is COc1ccc2c(c1)CCC(c1ccc(OC)cc1CNCc1ccc(OCCN3CCCCC3)cc1)=C2. The number of nitrogens with zero attached hydrogens (tertiary/aromatic N) is 1. The van der Waals surface area contributed by atoms with E-state index in [2.05, 4.69) is 70.9 Å². The molecular weight excluding hydrogens is 472 g/mol. The molecule has 0 spiro atoms. The number of ether oxygens (including phenoxy) is 3. The number of benzene rings is 3. The molecular formula is C33H40N2O3. The lowest BCUT2D eigenvalue weighted by atomic mass is 9.86. The minimum Gasteiger partial charge on any atom is -0.497 e. The van der Waals surface area contributed by atoms with Crippen LogP contribution in [0.4, 0.5) is 0 Å². The number of allylic oxidation sites excluding steroid dienone is 1. The van der Waals surface area contributed by atoms with E-state index in [1.165, 1.54) is 65.7 Å². The first-order valence-electron chi connectivity index (χ1n) is 13.9. The third kappa shape index (κ3) is 6.77. The van der Waals surface area contributed by atoms with Crippen molar-refractivity contribution >= 4 is 11.6 Å². The van der Waals surface area contributed by atoms with Gasteiger partial charge in [0, 0.05) is 19.6 Å². The summed E-state index contributed by atoms with van der Waals surface area (Å²) in [5, 5.41) is 3.64. The monoisotopic (exact) mass is 512 g/mol. The van der Waals surface area contributed by atoms with Crippen molar-refractivity contribution in [1.82, 2.24) is 10.2 Å². The highest BCUT2D eigenvalue weighted by Crippen LogP contribution is 2.35. The molecule has 0 saturated carbocycles. The quantitative estimate of drug-likeness (QED) is 0.325. The lowest BCUT2D eigenvalue weighted by molar-refractivity contribution is 0.183. The molecule has 0 unspecified atom stereocenters. The normalized spacial score (nSPS) is 15.5. The summed E-state index contributed by atoms with van der Waals surface area (Å²) in [5.74, 6) is 2.76. The number of nitrogens with one attached hydrogen (secondary N) is 1. The zero-order chi connectivity index (χ0) is 26.2. The Morgan fingerprint density at radius 3 is 2.29 bits per heavy atom. The number of rotatable bonds is 11. The van der Waals surface area contributed by atoms with Gasteiger partial charge in [-0.3, -0.25) is 4.90 Å². The molecule has 0 atom stereocenters. The van der Waals surface area contributed by atoms with Crippen LogP contribution in [0.5, 0.6) is 17.2 Å². The van der Waals surface area contributed by atoms with Crippen LogP contribution in [0.25, 0.3) is 11.6 Å². The van der Waals surface area contributed by atoms with Crippen molar-refractivity contribution < 1.29 is 14.2 Å². The molecule has 3 aromatic rings. The number of aryl methyl sites for hydroxylation is 1. The predicted octanol–water partition coefficient (Wildman–Crippen LogP) is 6.35. The fourth-order valence-corrected chi connectivity index (χ4v) is 5.49. The van der Waals surface area contributed by atoms with E-state index in [9.17, 15) is 0 Å². The summed E-state index contributed by atoms with van der Waals surface area (Å²) in [4.78, 5) is 2.51. The van der Waals surface area contributed by atoms with Crippen LogP contribution in [-0.2, 0) is 19.5 Å². The lowest BCUT2D eigenvalue weighted by Gasteiger charge is -2.26. The molecule has 0 radical (unpaired) electrons. The Kier molecular flexibility index (Phi) is 9.00. The fraction of sp³-hybridized carbons (Fsp3) is 0.394. The third-order valence-electron chi connectivity index (χ3n) is 7.69. The Morgan fingerprint density at radius 1 is 0.763 bits per heavy atom. The van der Waals surface area contributed by atoms with Crippen LogP contribution in [-0.4, -0.2) is 45.4 Å². The van der Waals surface area contributed by atoms with E-state index in [4.69, 9.17) is 14.2 Å². The highest BCUT2D eigenvalue weighted by molar-refractivity contribution is 5.86. The van der Waals surface area contributed by atoms with Gasteiger partial charge in [0.2, 0.25) is 0 Å². The summed E-state index contributed by atoms with van der Waals surface area (Å²) in [5.41, 5.74) is 7.79. The van der Waals surface area contributed by atoms with Crippen LogP contribution >= 0.6 is 0 Å². The molecule has 1 fully saturated rings. The summed E-state index contributed by atoms with van der Waals surface area (Å²) in [6.45, 7) is 5.76. The van der Waals surface area contributed by atoms with Gasteiger partial charge in [0.1, 0.15) is 23.9 Å². The molecule has 5 rings (SSSR count). The molecule has 1 saturated heterocycles. The van der Waals surface area contributed by atoms with Gasteiger partial charge in [-0.15, -0.1) is 0 Å². The molecule has 1 aliphatic heterocycles. The number of piperidine rings is 1. The first-order chi connectivity index (χ1) is 18.7. The Hall–Kier alpha value is -3.28. The van der Waals surface area contributed by atoms with Gasteiger partial charge < -0.3 is 19.5 Å². The van der Waals surface area contributed by atoms with Gasteiger partial charge >= 0.3 is 0 Å². The van der Waals surface area contributed by atoms with E-state index in [-0.39, 0.29) is 0 Å². The molecule has 200 valence electrons. The van der Waals surface area contributed by atoms with Crippen LogP contribution in [0.1, 0.15) is 53.5 Å². The van der Waals surface area contributed by atoms with Gasteiger partial charge in [0.25, 0.3) is 0 Å². The molecule has 1 N–H and O–H groups in total. The highest BCUT2D eigenvalue weighted by atomic mass is 16.5. The minimum atomic E-state index is 0.754. The fourth-order valence-electron chi connectivity index (χ4n) is 5.49. The molecule has 2 aliphatic rings. The average Bonchev–Trinajstić information content (AvgIpc) is 2.98. The Bertz CT molecular complexity index is 1230. The molecule has 0 amide bonds. The number of hydrogen-bond acceptors (Lipinski definition) is 5. The van der Waals surface area contributed by atoms with E-state index in [0.29, 0.717) is 0 Å². The van der Waals surface area contributed by atoms with E-state index >= 15 is 0 Å². The standard InChI is InChI=1S/C33H40N2O3/c1-36-31-13-10-26-20-28(9-8-27(26)21-31)33-15-14-32(37-2)22-29(33)24-34-23-25-6-11-30(12-7-25)38-19-18-35-16-4-3-5-17-35/h6-7,10-15,20-22,34H,3-5,8-9,16-19,23-24H2,1-2H3. The summed E-state index contributed by atoms with van der Waals surface area (Å²) < 4.78 is 17.0. The van der Waals surface area contributed by atoms with Crippen LogP contribution in [0.2, 0.25) is 0 Å². The first kappa shape index (κ1) is 26.3. The summed E-state index contributed by atoms with van der Waals surface area (Å²) >= 11 is 0. The van der Waals surface area contributed by atoms with Crippen molar-refractivity contribution in [2.24, 2.45) is 0 Å². The number of likely N-dealkylation sites (tertiary alicyclic amines) is 1. The Morgan fingerprint density at radius 2 is 1.50 bits per heavy atom. The van der Waals surface area contributed by atoms with Gasteiger partial charge in [-0.2, -0.15) is 0 Å². The van der Waals surface area contributed by atoms with E-state index < -0.39 is 0 Å². The second-order valence-electron chi connectivity index (χ2n) is 10.3. The lowest BCUT2D eigenvalue weighted by Crippen LogP contribution is -2.33. The van der Waals surface area contributed by atoms with Gasteiger partial charge in [0.15, 0.2) is 0 Å². The topological polar surface area (TPSA) is 43.0 Å². The molecule has 5 heteroatoms. The maximum atomic E-state index is 5.99. The Labute approximate surface area is 227 Å².